The van der Waals surface area contributed by atoms with Crippen LogP contribution in [-0.4, -0.2) is 63.5 Å². The lowest BCUT2D eigenvalue weighted by Gasteiger charge is -2.38. The van der Waals surface area contributed by atoms with Gasteiger partial charge in [0.1, 0.15) is 5.69 Å². The molecule has 1 aromatic carbocycles. The highest BCUT2D eigenvalue weighted by Crippen LogP contribution is 2.30. The summed E-state index contributed by atoms with van der Waals surface area (Å²) in [7, 11) is 0. The third-order valence-corrected chi connectivity index (χ3v) is 7.05. The van der Waals surface area contributed by atoms with E-state index in [4.69, 9.17) is 4.52 Å². The molecule has 0 radical (unpaired) electrons. The van der Waals surface area contributed by atoms with Gasteiger partial charge in [-0.3, -0.25) is 0 Å². The number of carbonyl (C=O) groups is 1. The predicted octanol–water partition coefficient (Wildman–Crippen LogP) is 3.67. The minimum atomic E-state index is -1.19. The molecular formula is C25H31BrN6O3. The van der Waals surface area contributed by atoms with Crippen molar-refractivity contribution in [3.63, 3.8) is 0 Å². The zero-order valence-electron chi connectivity index (χ0n) is 19.8. The Hall–Kier alpha value is -2.85. The molecule has 2 fully saturated rings. The quantitative estimate of drug-likeness (QED) is 0.514. The number of aliphatic hydroxyl groups is 1. The molecule has 2 amide bonds. The van der Waals surface area contributed by atoms with Crippen molar-refractivity contribution in [2.45, 2.75) is 50.9 Å². The van der Waals surface area contributed by atoms with E-state index >= 15 is 0 Å². The molecule has 2 aliphatic heterocycles. The molecule has 1 unspecified atom stereocenters. The molecule has 35 heavy (non-hydrogen) atoms. The average molecular weight is 543 g/mol. The lowest BCUT2D eigenvalue weighted by molar-refractivity contribution is 0.114. The van der Waals surface area contributed by atoms with Crippen LogP contribution < -0.4 is 10.6 Å². The summed E-state index contributed by atoms with van der Waals surface area (Å²) in [6.07, 6.45) is 7.54. The number of benzene rings is 1. The van der Waals surface area contributed by atoms with Gasteiger partial charge in [0.15, 0.2) is 11.5 Å². The number of amides is 2. The van der Waals surface area contributed by atoms with Gasteiger partial charge >= 0.3 is 6.03 Å². The molecule has 1 aromatic heterocycles. The standard InChI is InChI=1S/C25H31BrN6O3/c1-25(34)9-10-27-23(29-25)31-11-3-4-17(15-31)16-32(20-7-8-20)24(33)28-14-21-13-22(30-35-21)18-5-2-6-19(26)12-18/h2,5-6,9-10,12-13,17,20,34H,3-4,7-8,11,14-16H2,1H3,(H,27,29)(H,28,33)/t17-,25?/m1/s1. The summed E-state index contributed by atoms with van der Waals surface area (Å²) in [4.78, 5) is 21.7. The SMILES string of the molecule is CC1(O)C=CNC(N2CCC[C@@H](CN(C(=O)NCc3cc(-c4cccc(Br)c4)no3)C3CC3)C2)=N1. The molecule has 3 heterocycles. The number of aromatic nitrogens is 1. The van der Waals surface area contributed by atoms with Crippen LogP contribution in [0, 0.1) is 5.92 Å². The van der Waals surface area contributed by atoms with E-state index in [-0.39, 0.29) is 6.03 Å². The van der Waals surface area contributed by atoms with Crippen LogP contribution in [0.25, 0.3) is 11.3 Å². The van der Waals surface area contributed by atoms with Gasteiger partial charge in [-0.2, -0.15) is 0 Å². The normalized spacial score (nSPS) is 24.0. The Balaban J connectivity index is 1.17. The number of rotatable bonds is 6. The number of halogens is 1. The van der Waals surface area contributed by atoms with E-state index < -0.39 is 5.72 Å². The van der Waals surface area contributed by atoms with Crippen LogP contribution in [-0.2, 0) is 6.54 Å². The molecule has 2 aromatic rings. The first-order valence-electron chi connectivity index (χ1n) is 12.1. The third kappa shape index (κ3) is 6.05. The van der Waals surface area contributed by atoms with E-state index in [1.165, 1.54) is 0 Å². The van der Waals surface area contributed by atoms with Crippen LogP contribution in [0.2, 0.25) is 0 Å². The number of aliphatic imine (C=N–C) groups is 1. The van der Waals surface area contributed by atoms with Crippen molar-refractivity contribution < 1.29 is 14.4 Å². The smallest absolute Gasteiger partial charge is 0.318 e. The molecular weight excluding hydrogens is 512 g/mol. The molecule has 5 rings (SSSR count). The second-order valence-electron chi connectivity index (χ2n) is 9.69. The van der Waals surface area contributed by atoms with E-state index in [2.05, 4.69) is 41.6 Å². The van der Waals surface area contributed by atoms with Gasteiger partial charge in [-0.1, -0.05) is 33.2 Å². The number of urea groups is 1. The Labute approximate surface area is 213 Å². The van der Waals surface area contributed by atoms with Crippen LogP contribution >= 0.6 is 15.9 Å². The van der Waals surface area contributed by atoms with Crippen LogP contribution in [0.3, 0.4) is 0 Å². The Kier molecular flexibility index (Phi) is 6.84. The first kappa shape index (κ1) is 23.9. The van der Waals surface area contributed by atoms with E-state index in [9.17, 15) is 9.90 Å². The van der Waals surface area contributed by atoms with Gasteiger partial charge in [0.05, 0.1) is 6.54 Å². The largest absolute Gasteiger partial charge is 0.366 e. The first-order valence-corrected chi connectivity index (χ1v) is 12.9. The van der Waals surface area contributed by atoms with Crippen LogP contribution in [0.15, 0.2) is 56.6 Å². The third-order valence-electron chi connectivity index (χ3n) is 6.56. The number of nitrogens with zero attached hydrogens (tertiary/aromatic N) is 4. The molecule has 2 atom stereocenters. The number of nitrogens with one attached hydrogen (secondary N) is 2. The van der Waals surface area contributed by atoms with Gasteiger partial charge in [0, 0.05) is 48.0 Å². The highest BCUT2D eigenvalue weighted by molar-refractivity contribution is 9.10. The predicted molar refractivity (Wildman–Crippen MR) is 136 cm³/mol. The monoisotopic (exact) mass is 542 g/mol. The Morgan fingerprint density at radius 1 is 1.37 bits per heavy atom. The summed E-state index contributed by atoms with van der Waals surface area (Å²) in [5.74, 6) is 1.65. The molecule has 1 saturated carbocycles. The second-order valence-corrected chi connectivity index (χ2v) is 10.6. The Morgan fingerprint density at radius 3 is 3.00 bits per heavy atom. The van der Waals surface area contributed by atoms with Gasteiger partial charge in [0.25, 0.3) is 0 Å². The van der Waals surface area contributed by atoms with Crippen LogP contribution in [0.4, 0.5) is 4.79 Å². The lowest BCUT2D eigenvalue weighted by Crippen LogP contribution is -2.51. The van der Waals surface area contributed by atoms with E-state index in [1.54, 1.807) is 19.2 Å². The fourth-order valence-electron chi connectivity index (χ4n) is 4.63. The number of guanidine groups is 1. The van der Waals surface area contributed by atoms with Crippen molar-refractivity contribution in [2.24, 2.45) is 10.9 Å². The fraction of sp³-hybridized carbons (Fsp3) is 0.480. The van der Waals surface area contributed by atoms with Crippen molar-refractivity contribution in [3.05, 3.63) is 52.8 Å². The summed E-state index contributed by atoms with van der Waals surface area (Å²) >= 11 is 3.48. The van der Waals surface area contributed by atoms with Gasteiger partial charge in [0.2, 0.25) is 5.96 Å². The summed E-state index contributed by atoms with van der Waals surface area (Å²) in [6, 6.07) is 9.96. The Morgan fingerprint density at radius 2 is 2.23 bits per heavy atom. The minimum Gasteiger partial charge on any atom is -0.366 e. The maximum absolute atomic E-state index is 13.1. The van der Waals surface area contributed by atoms with E-state index in [0.29, 0.717) is 36.8 Å². The van der Waals surface area contributed by atoms with Gasteiger partial charge < -0.3 is 30.1 Å². The zero-order chi connectivity index (χ0) is 24.4. The number of piperidine rings is 1. The zero-order valence-corrected chi connectivity index (χ0v) is 21.4. The topological polar surface area (TPSA) is 106 Å². The number of hydrogen-bond donors (Lipinski definition) is 3. The Bertz CT molecular complexity index is 1130. The van der Waals surface area contributed by atoms with Crippen molar-refractivity contribution >= 4 is 27.9 Å². The van der Waals surface area contributed by atoms with E-state index in [0.717, 1.165) is 54.5 Å². The fourth-order valence-corrected chi connectivity index (χ4v) is 5.03. The van der Waals surface area contributed by atoms with E-state index in [1.807, 2.05) is 35.2 Å². The molecule has 1 saturated heterocycles. The maximum Gasteiger partial charge on any atom is 0.318 e. The van der Waals surface area contributed by atoms with Crippen molar-refractivity contribution in [1.29, 1.82) is 0 Å². The summed E-state index contributed by atoms with van der Waals surface area (Å²) < 4.78 is 6.44. The average Bonchev–Trinajstić information content (AvgIpc) is 3.57. The van der Waals surface area contributed by atoms with Crippen LogP contribution in [0.5, 0.6) is 0 Å². The summed E-state index contributed by atoms with van der Waals surface area (Å²) in [5.41, 5.74) is 0.506. The molecule has 10 heteroatoms. The lowest BCUT2D eigenvalue weighted by atomic mass is 9.97. The molecule has 1 aliphatic carbocycles. The maximum atomic E-state index is 13.1. The first-order chi connectivity index (χ1) is 16.9. The number of hydrogen-bond acceptors (Lipinski definition) is 7. The molecule has 0 spiro atoms. The second kappa shape index (κ2) is 10.0. The minimum absolute atomic E-state index is 0.0657. The van der Waals surface area contributed by atoms with Crippen LogP contribution in [0.1, 0.15) is 38.4 Å². The molecule has 186 valence electrons. The molecule has 9 nitrogen and oxygen atoms in total. The summed E-state index contributed by atoms with van der Waals surface area (Å²) in [6.45, 7) is 4.34. The van der Waals surface area contributed by atoms with Crippen molar-refractivity contribution in [2.75, 3.05) is 19.6 Å². The number of likely N-dealkylation sites (tertiary alicyclic amines) is 1. The molecule has 3 aliphatic rings. The number of carbonyl (C=O) groups excluding carboxylic acids is 1. The van der Waals surface area contributed by atoms with Gasteiger partial charge in [-0.05, 0) is 56.7 Å². The van der Waals surface area contributed by atoms with Crippen molar-refractivity contribution in [3.8, 4) is 11.3 Å². The van der Waals surface area contributed by atoms with Gasteiger partial charge in [-0.25, -0.2) is 9.79 Å². The molecule has 3 N–H and O–H groups in total. The van der Waals surface area contributed by atoms with Crippen molar-refractivity contribution in [1.82, 2.24) is 25.6 Å². The highest BCUT2D eigenvalue weighted by atomic mass is 79.9. The molecule has 0 bridgehead atoms. The highest BCUT2D eigenvalue weighted by Gasteiger charge is 2.36. The van der Waals surface area contributed by atoms with Gasteiger partial charge in [-0.15, -0.1) is 0 Å². The summed E-state index contributed by atoms with van der Waals surface area (Å²) in [5, 5.41) is 20.6.